The zero-order chi connectivity index (χ0) is 22.4. The third kappa shape index (κ3) is 5.81. The first-order valence-corrected chi connectivity index (χ1v) is 12.8. The Morgan fingerprint density at radius 1 is 0.938 bits per heavy atom. The average molecular weight is 459 g/mol. The van der Waals surface area contributed by atoms with Gasteiger partial charge in [-0.3, -0.25) is 4.79 Å². The molecule has 172 valence electrons. The lowest BCUT2D eigenvalue weighted by molar-refractivity contribution is -0.123. The molecule has 0 bridgehead atoms. The second-order valence-electron chi connectivity index (χ2n) is 8.37. The zero-order valence-corrected chi connectivity index (χ0v) is 18.9. The fourth-order valence-electron chi connectivity index (χ4n) is 4.21. The summed E-state index contributed by atoms with van der Waals surface area (Å²) >= 11 is 0. The third-order valence-electron chi connectivity index (χ3n) is 5.92. The molecule has 0 unspecified atom stereocenters. The number of ether oxygens (including phenoxy) is 2. The predicted molar refractivity (Wildman–Crippen MR) is 121 cm³/mol. The van der Waals surface area contributed by atoms with E-state index in [2.05, 4.69) is 10.0 Å². The Morgan fingerprint density at radius 2 is 1.62 bits per heavy atom. The molecule has 0 aromatic heterocycles. The number of sulfonamides is 1. The minimum atomic E-state index is -3.95. The van der Waals surface area contributed by atoms with Crippen LogP contribution < -0.4 is 19.5 Å². The Bertz CT molecular complexity index is 1020. The van der Waals surface area contributed by atoms with Gasteiger partial charge in [0.15, 0.2) is 11.5 Å². The van der Waals surface area contributed by atoms with Crippen molar-refractivity contribution < 1.29 is 22.7 Å². The summed E-state index contributed by atoms with van der Waals surface area (Å²) in [6, 6.07) is 13.1. The van der Waals surface area contributed by atoms with E-state index in [4.69, 9.17) is 9.47 Å². The number of hydrogen-bond acceptors (Lipinski definition) is 5. The van der Waals surface area contributed by atoms with Crippen LogP contribution in [0.3, 0.4) is 0 Å². The first kappa shape index (κ1) is 22.6. The fraction of sp³-hybridized carbons (Fsp3) is 0.458. The van der Waals surface area contributed by atoms with Gasteiger partial charge in [0.25, 0.3) is 0 Å². The molecule has 2 aromatic carbocycles. The van der Waals surface area contributed by atoms with E-state index in [1.54, 1.807) is 6.07 Å². The molecule has 4 rings (SSSR count). The van der Waals surface area contributed by atoms with E-state index in [1.165, 1.54) is 25.0 Å². The van der Waals surface area contributed by atoms with Crippen LogP contribution in [0.5, 0.6) is 11.5 Å². The molecule has 0 saturated heterocycles. The quantitative estimate of drug-likeness (QED) is 0.622. The maximum atomic E-state index is 13.2. The van der Waals surface area contributed by atoms with Crippen LogP contribution in [0.4, 0.5) is 0 Å². The van der Waals surface area contributed by atoms with E-state index >= 15 is 0 Å². The molecule has 0 radical (unpaired) electrons. The van der Waals surface area contributed by atoms with Gasteiger partial charge in [-0.15, -0.1) is 0 Å². The van der Waals surface area contributed by atoms with Gasteiger partial charge >= 0.3 is 0 Å². The van der Waals surface area contributed by atoms with Crippen molar-refractivity contribution in [2.24, 2.45) is 0 Å². The van der Waals surface area contributed by atoms with Crippen molar-refractivity contribution in [3.05, 3.63) is 54.1 Å². The maximum Gasteiger partial charge on any atom is 0.241 e. The first-order chi connectivity index (χ1) is 15.5. The molecule has 1 aliphatic heterocycles. The number of carbonyl (C=O) groups excluding carboxylic acids is 1. The van der Waals surface area contributed by atoms with Crippen LogP contribution >= 0.6 is 0 Å². The van der Waals surface area contributed by atoms with Gasteiger partial charge in [0.05, 0.1) is 4.90 Å². The summed E-state index contributed by atoms with van der Waals surface area (Å²) in [6.07, 6.45) is 6.64. The van der Waals surface area contributed by atoms with Crippen molar-refractivity contribution >= 4 is 15.9 Å². The van der Waals surface area contributed by atoms with E-state index in [1.807, 2.05) is 30.3 Å². The molecule has 2 N–H and O–H groups in total. The Kier molecular flexibility index (Phi) is 7.32. The maximum absolute atomic E-state index is 13.2. The number of nitrogens with one attached hydrogen (secondary N) is 2. The predicted octanol–water partition coefficient (Wildman–Crippen LogP) is 3.19. The van der Waals surface area contributed by atoms with Gasteiger partial charge in [-0.25, -0.2) is 8.42 Å². The zero-order valence-electron chi connectivity index (χ0n) is 18.1. The number of amides is 1. The average Bonchev–Trinajstić information content (AvgIpc) is 3.07. The van der Waals surface area contributed by atoms with Crippen LogP contribution in [0.15, 0.2) is 53.4 Å². The molecule has 1 saturated carbocycles. The standard InChI is InChI=1S/C24H30N2O5S/c27-24(25-19-10-6-1-2-7-11-19)21(16-18-8-4-3-5-9-18)26-32(28,29)20-12-13-22-23(17-20)31-15-14-30-22/h3-5,8-9,12-13,17,19,21,26H,1-2,6-7,10-11,14-16H2,(H,25,27)/t21-/m1/s1. The van der Waals surface area contributed by atoms with E-state index in [0.29, 0.717) is 24.7 Å². The molecule has 0 spiro atoms. The highest BCUT2D eigenvalue weighted by Gasteiger charge is 2.29. The van der Waals surface area contributed by atoms with E-state index in [9.17, 15) is 13.2 Å². The van der Waals surface area contributed by atoms with Crippen LogP contribution in [0.1, 0.15) is 44.1 Å². The van der Waals surface area contributed by atoms with Crippen LogP contribution in [-0.4, -0.2) is 39.6 Å². The third-order valence-corrected chi connectivity index (χ3v) is 7.39. The van der Waals surface area contributed by atoms with Gasteiger partial charge in [-0.05, 0) is 37.0 Å². The number of benzene rings is 2. The minimum absolute atomic E-state index is 0.0436. The summed E-state index contributed by atoms with van der Waals surface area (Å²) in [5.41, 5.74) is 0.887. The van der Waals surface area contributed by atoms with Crippen LogP contribution in [0.2, 0.25) is 0 Å². The van der Waals surface area contributed by atoms with Crippen molar-refractivity contribution in [2.45, 2.75) is 61.9 Å². The largest absolute Gasteiger partial charge is 0.486 e. The topological polar surface area (TPSA) is 93.7 Å². The van der Waals surface area contributed by atoms with E-state index in [-0.39, 0.29) is 23.3 Å². The fourth-order valence-corrected chi connectivity index (χ4v) is 5.42. The van der Waals surface area contributed by atoms with Crippen molar-refractivity contribution in [3.63, 3.8) is 0 Å². The van der Waals surface area contributed by atoms with Crippen molar-refractivity contribution in [1.82, 2.24) is 10.0 Å². The Labute approximate surface area is 189 Å². The van der Waals surface area contributed by atoms with Crippen molar-refractivity contribution in [1.29, 1.82) is 0 Å². The summed E-state index contributed by atoms with van der Waals surface area (Å²) in [5, 5.41) is 3.09. The highest BCUT2D eigenvalue weighted by molar-refractivity contribution is 7.89. The summed E-state index contributed by atoms with van der Waals surface area (Å²) in [7, 11) is -3.95. The highest BCUT2D eigenvalue weighted by atomic mass is 32.2. The van der Waals surface area contributed by atoms with Crippen LogP contribution in [-0.2, 0) is 21.2 Å². The number of carbonyl (C=O) groups is 1. The van der Waals surface area contributed by atoms with Gasteiger partial charge < -0.3 is 14.8 Å². The number of fused-ring (bicyclic) bond motifs is 1. The molecular weight excluding hydrogens is 428 g/mol. The second kappa shape index (κ2) is 10.4. The highest BCUT2D eigenvalue weighted by Crippen LogP contribution is 2.32. The molecule has 32 heavy (non-hydrogen) atoms. The number of rotatable bonds is 7. The SMILES string of the molecule is O=C(NC1CCCCCC1)[C@@H](Cc1ccccc1)NS(=O)(=O)c1ccc2c(c1)OCCO2. The first-order valence-electron chi connectivity index (χ1n) is 11.3. The van der Waals surface area contributed by atoms with Gasteiger partial charge in [-0.2, -0.15) is 4.72 Å². The molecule has 8 heteroatoms. The number of hydrogen-bond donors (Lipinski definition) is 2. The van der Waals surface area contributed by atoms with Gasteiger partial charge in [0.1, 0.15) is 19.3 Å². The van der Waals surface area contributed by atoms with E-state index in [0.717, 1.165) is 31.2 Å². The summed E-state index contributed by atoms with van der Waals surface area (Å²) in [5.74, 6) is 0.616. The van der Waals surface area contributed by atoms with Gasteiger partial charge in [0, 0.05) is 12.1 Å². The Morgan fingerprint density at radius 3 is 2.34 bits per heavy atom. The molecule has 1 amide bonds. The van der Waals surface area contributed by atoms with Crippen molar-refractivity contribution in [3.8, 4) is 11.5 Å². The summed E-state index contributed by atoms with van der Waals surface area (Å²) in [6.45, 7) is 0.794. The molecule has 1 aliphatic carbocycles. The van der Waals surface area contributed by atoms with Crippen LogP contribution in [0.25, 0.3) is 0 Å². The molecular formula is C24H30N2O5S. The molecule has 7 nitrogen and oxygen atoms in total. The van der Waals surface area contributed by atoms with Gasteiger partial charge in [0.2, 0.25) is 15.9 Å². The summed E-state index contributed by atoms with van der Waals surface area (Å²) < 4.78 is 40.0. The normalized spacial score (nSPS) is 17.9. The molecule has 1 fully saturated rings. The lowest BCUT2D eigenvalue weighted by Crippen LogP contribution is -2.50. The van der Waals surface area contributed by atoms with Gasteiger partial charge in [-0.1, -0.05) is 56.0 Å². The smallest absolute Gasteiger partial charge is 0.241 e. The molecule has 2 aliphatic rings. The molecule has 2 aromatic rings. The van der Waals surface area contributed by atoms with Crippen molar-refractivity contribution in [2.75, 3.05) is 13.2 Å². The minimum Gasteiger partial charge on any atom is -0.486 e. The second-order valence-corrected chi connectivity index (χ2v) is 10.1. The lowest BCUT2D eigenvalue weighted by Gasteiger charge is -2.23. The lowest BCUT2D eigenvalue weighted by atomic mass is 10.0. The van der Waals surface area contributed by atoms with Crippen LogP contribution in [0, 0.1) is 0 Å². The molecule has 1 heterocycles. The molecule has 1 atom stereocenters. The Hall–Kier alpha value is -2.58. The monoisotopic (exact) mass is 458 g/mol. The van der Waals surface area contributed by atoms with E-state index < -0.39 is 16.1 Å². The Balaban J connectivity index is 1.54. The summed E-state index contributed by atoms with van der Waals surface area (Å²) in [4.78, 5) is 13.2.